The molecular formula is C5H9IO. The van der Waals surface area contributed by atoms with Gasteiger partial charge >= 0.3 is 0 Å². The van der Waals surface area contributed by atoms with Crippen molar-refractivity contribution in [2.75, 3.05) is 6.61 Å². The van der Waals surface area contributed by atoms with E-state index in [4.69, 9.17) is 4.74 Å². The van der Waals surface area contributed by atoms with Crippen LogP contribution in [-0.2, 0) is 4.74 Å². The Hall–Kier alpha value is 0.690. The van der Waals surface area contributed by atoms with Crippen LogP contribution in [0.4, 0.5) is 0 Å². The number of alkyl halides is 1. The van der Waals surface area contributed by atoms with Gasteiger partial charge in [0.2, 0.25) is 0 Å². The molecule has 1 unspecified atom stereocenters. The molecule has 0 aromatic rings. The topological polar surface area (TPSA) is 9.23 Å². The zero-order valence-electron chi connectivity index (χ0n) is 4.41. The first-order valence-corrected chi connectivity index (χ1v) is 3.61. The van der Waals surface area contributed by atoms with Gasteiger partial charge in [-0.25, -0.2) is 0 Å². The van der Waals surface area contributed by atoms with Crippen LogP contribution in [0.5, 0.6) is 0 Å². The van der Waals surface area contributed by atoms with Crippen LogP contribution >= 0.6 is 22.6 Å². The molecule has 1 atom stereocenters. The highest BCUT2D eigenvalue weighted by Crippen LogP contribution is 2.30. The van der Waals surface area contributed by atoms with Crippen molar-refractivity contribution in [2.45, 2.75) is 23.4 Å². The first-order valence-electron chi connectivity index (χ1n) is 2.54. The van der Waals surface area contributed by atoms with Crippen molar-refractivity contribution in [3.05, 3.63) is 0 Å². The fourth-order valence-electron chi connectivity index (χ4n) is 0.745. The summed E-state index contributed by atoms with van der Waals surface area (Å²) in [6.45, 7) is 3.08. The fraction of sp³-hybridized carbons (Fsp3) is 1.00. The monoisotopic (exact) mass is 212 g/mol. The van der Waals surface area contributed by atoms with Crippen LogP contribution in [0.15, 0.2) is 0 Å². The highest BCUT2D eigenvalue weighted by atomic mass is 127. The third-order valence-corrected chi connectivity index (χ3v) is 2.02. The van der Waals surface area contributed by atoms with E-state index < -0.39 is 0 Å². The molecule has 1 rings (SSSR count). The second kappa shape index (κ2) is 1.90. The van der Waals surface area contributed by atoms with E-state index in [-0.39, 0.29) is 3.61 Å². The Balaban J connectivity index is 2.40. The summed E-state index contributed by atoms with van der Waals surface area (Å²) in [5.41, 5.74) is 0. The maximum atomic E-state index is 5.33. The molecule has 0 saturated carbocycles. The van der Waals surface area contributed by atoms with Crippen molar-refractivity contribution in [3.8, 4) is 0 Å². The van der Waals surface area contributed by atoms with Gasteiger partial charge in [-0.15, -0.1) is 0 Å². The number of halogens is 1. The summed E-state index contributed by atoms with van der Waals surface area (Å²) in [4.78, 5) is 0. The van der Waals surface area contributed by atoms with Crippen molar-refractivity contribution in [1.82, 2.24) is 0 Å². The first kappa shape index (κ1) is 5.82. The number of hydrogen-bond donors (Lipinski definition) is 0. The predicted molar refractivity (Wildman–Crippen MR) is 37.6 cm³/mol. The molecule has 1 heterocycles. The van der Waals surface area contributed by atoms with Gasteiger partial charge in [-0.1, -0.05) is 0 Å². The highest BCUT2D eigenvalue weighted by molar-refractivity contribution is 14.1. The SMILES string of the molecule is CC1(I)CCCO1. The third kappa shape index (κ3) is 1.57. The molecule has 0 N–H and O–H groups in total. The van der Waals surface area contributed by atoms with Gasteiger partial charge in [0.1, 0.15) is 3.61 Å². The highest BCUT2D eigenvalue weighted by Gasteiger charge is 2.24. The van der Waals surface area contributed by atoms with Crippen LogP contribution < -0.4 is 0 Å². The lowest BCUT2D eigenvalue weighted by atomic mass is 10.3. The van der Waals surface area contributed by atoms with Crippen LogP contribution in [0.1, 0.15) is 19.8 Å². The van der Waals surface area contributed by atoms with E-state index in [1.165, 1.54) is 12.8 Å². The molecule has 0 spiro atoms. The molecule has 0 aromatic heterocycles. The summed E-state index contributed by atoms with van der Waals surface area (Å²) in [5.74, 6) is 0. The first-order chi connectivity index (χ1) is 3.21. The number of hydrogen-bond acceptors (Lipinski definition) is 1. The van der Waals surface area contributed by atoms with E-state index >= 15 is 0 Å². The van der Waals surface area contributed by atoms with E-state index in [2.05, 4.69) is 29.5 Å². The summed E-state index contributed by atoms with van der Waals surface area (Å²) in [6.07, 6.45) is 2.45. The maximum Gasteiger partial charge on any atom is 0.116 e. The summed E-state index contributed by atoms with van der Waals surface area (Å²) in [6, 6.07) is 0. The van der Waals surface area contributed by atoms with Gasteiger partial charge in [0.15, 0.2) is 0 Å². The van der Waals surface area contributed by atoms with Crippen molar-refractivity contribution < 1.29 is 4.74 Å². The van der Waals surface area contributed by atoms with Gasteiger partial charge in [0.25, 0.3) is 0 Å². The van der Waals surface area contributed by atoms with E-state index in [1.54, 1.807) is 0 Å². The number of ether oxygens (including phenoxy) is 1. The smallest absolute Gasteiger partial charge is 0.116 e. The summed E-state index contributed by atoms with van der Waals surface area (Å²) >= 11 is 2.34. The molecule has 1 aliphatic rings. The van der Waals surface area contributed by atoms with Gasteiger partial charge in [0, 0.05) is 6.61 Å². The molecule has 2 heteroatoms. The normalized spacial score (nSPS) is 42.0. The zero-order chi connectivity index (χ0) is 5.33. The Kier molecular flexibility index (Phi) is 1.58. The lowest BCUT2D eigenvalue weighted by Gasteiger charge is -2.11. The lowest BCUT2D eigenvalue weighted by Crippen LogP contribution is -2.10. The molecule has 0 aliphatic carbocycles. The molecule has 0 radical (unpaired) electrons. The molecule has 0 amide bonds. The molecule has 42 valence electrons. The third-order valence-electron chi connectivity index (χ3n) is 1.17. The van der Waals surface area contributed by atoms with Gasteiger partial charge < -0.3 is 4.74 Å². The molecule has 1 saturated heterocycles. The molecular weight excluding hydrogens is 203 g/mol. The van der Waals surface area contributed by atoms with Crippen molar-refractivity contribution in [1.29, 1.82) is 0 Å². The van der Waals surface area contributed by atoms with E-state index in [0.29, 0.717) is 0 Å². The van der Waals surface area contributed by atoms with E-state index in [9.17, 15) is 0 Å². The molecule has 0 aromatic carbocycles. The minimum atomic E-state index is 0.164. The Morgan fingerprint density at radius 1 is 1.71 bits per heavy atom. The van der Waals surface area contributed by atoms with E-state index in [0.717, 1.165) is 6.61 Å². The van der Waals surface area contributed by atoms with Crippen LogP contribution in [-0.4, -0.2) is 10.2 Å². The van der Waals surface area contributed by atoms with Crippen LogP contribution in [0.25, 0.3) is 0 Å². The molecule has 1 nitrogen and oxygen atoms in total. The van der Waals surface area contributed by atoms with Crippen molar-refractivity contribution in [2.24, 2.45) is 0 Å². The molecule has 1 fully saturated rings. The average molecular weight is 212 g/mol. The Morgan fingerprint density at radius 2 is 2.43 bits per heavy atom. The van der Waals surface area contributed by atoms with Gasteiger partial charge in [-0.2, -0.15) is 0 Å². The predicted octanol–water partition coefficient (Wildman–Crippen LogP) is 1.95. The largest absolute Gasteiger partial charge is 0.365 e. The average Bonchev–Trinajstić information content (AvgIpc) is 1.84. The standard InChI is InChI=1S/C5H9IO/c1-5(6)3-2-4-7-5/h2-4H2,1H3. The van der Waals surface area contributed by atoms with Crippen LogP contribution in [0.3, 0.4) is 0 Å². The summed E-state index contributed by atoms with van der Waals surface area (Å²) < 4.78 is 5.49. The van der Waals surface area contributed by atoms with E-state index in [1.807, 2.05) is 0 Å². The summed E-state index contributed by atoms with van der Waals surface area (Å²) in [7, 11) is 0. The minimum Gasteiger partial charge on any atom is -0.365 e. The summed E-state index contributed by atoms with van der Waals surface area (Å²) in [5, 5.41) is 0. The molecule has 0 bridgehead atoms. The molecule has 7 heavy (non-hydrogen) atoms. The Morgan fingerprint density at radius 3 is 2.57 bits per heavy atom. The zero-order valence-corrected chi connectivity index (χ0v) is 6.57. The number of rotatable bonds is 0. The van der Waals surface area contributed by atoms with Crippen LogP contribution in [0.2, 0.25) is 0 Å². The lowest BCUT2D eigenvalue weighted by molar-refractivity contribution is 0.111. The second-order valence-corrected chi connectivity index (χ2v) is 4.34. The Labute approximate surface area is 57.6 Å². The van der Waals surface area contributed by atoms with Gasteiger partial charge in [0.05, 0.1) is 0 Å². The van der Waals surface area contributed by atoms with Gasteiger partial charge in [-0.05, 0) is 42.4 Å². The van der Waals surface area contributed by atoms with Gasteiger partial charge in [-0.3, -0.25) is 0 Å². The second-order valence-electron chi connectivity index (χ2n) is 2.05. The van der Waals surface area contributed by atoms with Crippen molar-refractivity contribution >= 4 is 22.6 Å². The van der Waals surface area contributed by atoms with Crippen molar-refractivity contribution in [3.63, 3.8) is 0 Å². The van der Waals surface area contributed by atoms with Crippen LogP contribution in [0, 0.1) is 0 Å². The quantitative estimate of drug-likeness (QED) is 0.440. The molecule has 1 aliphatic heterocycles. The maximum absolute atomic E-state index is 5.33. The minimum absolute atomic E-state index is 0.164. The fourth-order valence-corrected chi connectivity index (χ4v) is 1.35. The Bertz CT molecular complexity index is 62.5.